The summed E-state index contributed by atoms with van der Waals surface area (Å²) in [5, 5.41) is 11.0. The minimum Gasteiger partial charge on any atom is -0.384 e. The normalized spacial score (nSPS) is 18.9. The number of carbonyl (C=O) groups is 1. The molecule has 150 valence electrons. The van der Waals surface area contributed by atoms with Crippen molar-refractivity contribution in [1.82, 2.24) is 20.4 Å². The molecule has 0 unspecified atom stereocenters. The van der Waals surface area contributed by atoms with Gasteiger partial charge >= 0.3 is 0 Å². The third kappa shape index (κ3) is 6.41. The lowest BCUT2D eigenvalue weighted by molar-refractivity contribution is -0.126. The summed E-state index contributed by atoms with van der Waals surface area (Å²) in [5.74, 6) is 0.959. The van der Waals surface area contributed by atoms with Gasteiger partial charge < -0.3 is 16.4 Å². The number of para-hydroxylation sites is 1. The number of anilines is 1. The topological polar surface area (TPSA) is 85.0 Å². The van der Waals surface area contributed by atoms with Gasteiger partial charge in [0, 0.05) is 24.6 Å². The molecule has 1 aromatic heterocycles. The number of nitrogens with two attached hydrogens (primary N) is 1. The Morgan fingerprint density at radius 1 is 1.33 bits per heavy atom. The molecule has 1 aliphatic heterocycles. The maximum Gasteiger partial charge on any atom is 0.223 e. The molecule has 8 heteroatoms. The molecule has 3 rings (SSSR count). The summed E-state index contributed by atoms with van der Waals surface area (Å²) in [6.45, 7) is 3.73. The molecule has 1 fully saturated rings. The van der Waals surface area contributed by atoms with Gasteiger partial charge in [-0.2, -0.15) is 5.10 Å². The second kappa shape index (κ2) is 11.2. The van der Waals surface area contributed by atoms with Gasteiger partial charge in [-0.1, -0.05) is 18.2 Å². The largest absolute Gasteiger partial charge is 0.384 e. The number of rotatable bonds is 6. The van der Waals surface area contributed by atoms with Crippen LogP contribution in [-0.2, 0) is 11.2 Å². The molecular weight excluding hydrogens is 385 g/mol. The Morgan fingerprint density at radius 3 is 2.78 bits per heavy atom. The minimum absolute atomic E-state index is 0. The highest BCUT2D eigenvalue weighted by atomic mass is 35.5. The molecule has 4 N–H and O–H groups in total. The molecule has 27 heavy (non-hydrogen) atoms. The highest BCUT2D eigenvalue weighted by Crippen LogP contribution is 2.17. The quantitative estimate of drug-likeness (QED) is 0.635. The maximum atomic E-state index is 12.2. The van der Waals surface area contributed by atoms with Gasteiger partial charge in [0.05, 0.1) is 11.4 Å². The van der Waals surface area contributed by atoms with Crippen LogP contribution in [0.4, 0.5) is 5.82 Å². The van der Waals surface area contributed by atoms with Crippen LogP contribution < -0.4 is 16.4 Å². The van der Waals surface area contributed by atoms with E-state index >= 15 is 0 Å². The van der Waals surface area contributed by atoms with Gasteiger partial charge in [0.25, 0.3) is 0 Å². The number of halogens is 2. The van der Waals surface area contributed by atoms with E-state index in [9.17, 15) is 4.79 Å². The van der Waals surface area contributed by atoms with Crippen molar-refractivity contribution >= 4 is 36.5 Å². The summed E-state index contributed by atoms with van der Waals surface area (Å²) >= 11 is 0. The van der Waals surface area contributed by atoms with Gasteiger partial charge in [0.1, 0.15) is 5.82 Å². The zero-order valence-corrected chi connectivity index (χ0v) is 17.2. The first-order chi connectivity index (χ1) is 12.1. The van der Waals surface area contributed by atoms with Crippen molar-refractivity contribution in [3.63, 3.8) is 0 Å². The van der Waals surface area contributed by atoms with E-state index in [2.05, 4.69) is 22.7 Å². The summed E-state index contributed by atoms with van der Waals surface area (Å²) in [6.07, 6.45) is 3.50. The Bertz CT molecular complexity index is 707. The first kappa shape index (κ1) is 23.3. The van der Waals surface area contributed by atoms with Crippen molar-refractivity contribution in [1.29, 1.82) is 0 Å². The van der Waals surface area contributed by atoms with Crippen molar-refractivity contribution in [3.05, 3.63) is 42.1 Å². The number of nitrogen functional groups attached to an aromatic ring is 1. The number of nitrogens with zero attached hydrogens (tertiary/aromatic N) is 2. The van der Waals surface area contributed by atoms with Crippen LogP contribution in [0, 0.1) is 5.92 Å². The molecule has 1 aliphatic rings. The van der Waals surface area contributed by atoms with Gasteiger partial charge in [0.2, 0.25) is 5.91 Å². The molecule has 0 radical (unpaired) electrons. The number of aromatic nitrogens is 2. The standard InChI is InChI=1S/C19H27N5O.2ClH/c1-14-12-15(9-11-21-14)19(25)22-10-5-6-16-13-18(20)24(23-16)17-7-3-2-4-8-17;;/h2-4,7-8,13-15,21H,5-6,9-12,20H2,1H3,(H,22,25);2*1H/t14-,15-;;/m0../s1. The van der Waals surface area contributed by atoms with Crippen LogP contribution in [0.25, 0.3) is 5.69 Å². The van der Waals surface area contributed by atoms with E-state index in [1.54, 1.807) is 4.68 Å². The minimum atomic E-state index is 0. The zero-order chi connectivity index (χ0) is 17.6. The fraction of sp³-hybridized carbons (Fsp3) is 0.474. The van der Waals surface area contributed by atoms with E-state index in [0.29, 0.717) is 18.4 Å². The van der Waals surface area contributed by atoms with Crippen LogP contribution in [0.15, 0.2) is 36.4 Å². The van der Waals surface area contributed by atoms with Crippen LogP contribution in [0.3, 0.4) is 0 Å². The number of benzene rings is 1. The zero-order valence-electron chi connectivity index (χ0n) is 15.6. The van der Waals surface area contributed by atoms with E-state index in [-0.39, 0.29) is 36.6 Å². The fourth-order valence-corrected chi connectivity index (χ4v) is 3.34. The molecule has 0 aliphatic carbocycles. The first-order valence-electron chi connectivity index (χ1n) is 9.04. The van der Waals surface area contributed by atoms with E-state index in [0.717, 1.165) is 43.6 Å². The maximum absolute atomic E-state index is 12.2. The molecule has 2 aromatic rings. The van der Waals surface area contributed by atoms with Gasteiger partial charge in [-0.05, 0) is 51.3 Å². The molecule has 1 saturated heterocycles. The second-order valence-corrected chi connectivity index (χ2v) is 6.78. The van der Waals surface area contributed by atoms with Crippen LogP contribution in [0.5, 0.6) is 0 Å². The van der Waals surface area contributed by atoms with Crippen LogP contribution in [0.1, 0.15) is 31.9 Å². The third-order valence-corrected chi connectivity index (χ3v) is 4.69. The van der Waals surface area contributed by atoms with Crippen LogP contribution >= 0.6 is 24.8 Å². The summed E-state index contributed by atoms with van der Waals surface area (Å²) < 4.78 is 1.75. The Balaban J connectivity index is 0.00000182. The van der Waals surface area contributed by atoms with Crippen LogP contribution in [-0.4, -0.2) is 34.8 Å². The smallest absolute Gasteiger partial charge is 0.223 e. The number of aryl methyl sites for hydroxylation is 1. The Hall–Kier alpha value is -1.76. The van der Waals surface area contributed by atoms with Gasteiger partial charge in [-0.25, -0.2) is 4.68 Å². The Labute approximate surface area is 173 Å². The third-order valence-electron chi connectivity index (χ3n) is 4.69. The molecule has 0 bridgehead atoms. The number of hydrogen-bond donors (Lipinski definition) is 3. The number of carbonyl (C=O) groups excluding carboxylic acids is 1. The van der Waals surface area contributed by atoms with Crippen molar-refractivity contribution in [2.45, 2.75) is 38.6 Å². The van der Waals surface area contributed by atoms with Gasteiger partial charge in [-0.3, -0.25) is 4.79 Å². The van der Waals surface area contributed by atoms with Crippen LogP contribution in [0.2, 0.25) is 0 Å². The highest BCUT2D eigenvalue weighted by molar-refractivity contribution is 5.85. The van der Waals surface area contributed by atoms with E-state index in [4.69, 9.17) is 5.73 Å². The van der Waals surface area contributed by atoms with Crippen molar-refractivity contribution in [2.75, 3.05) is 18.8 Å². The fourth-order valence-electron chi connectivity index (χ4n) is 3.34. The van der Waals surface area contributed by atoms with Crippen molar-refractivity contribution < 1.29 is 4.79 Å². The second-order valence-electron chi connectivity index (χ2n) is 6.78. The van der Waals surface area contributed by atoms with Crippen molar-refractivity contribution in [3.8, 4) is 5.69 Å². The summed E-state index contributed by atoms with van der Waals surface area (Å²) in [4.78, 5) is 12.2. The highest BCUT2D eigenvalue weighted by Gasteiger charge is 2.24. The predicted molar refractivity (Wildman–Crippen MR) is 114 cm³/mol. The summed E-state index contributed by atoms with van der Waals surface area (Å²) in [5.41, 5.74) is 7.97. The molecular formula is C19H29Cl2N5O. The summed E-state index contributed by atoms with van der Waals surface area (Å²) in [6, 6.07) is 12.2. The Morgan fingerprint density at radius 2 is 2.07 bits per heavy atom. The SMILES string of the molecule is C[C@H]1C[C@@H](C(=O)NCCCc2cc(N)n(-c3ccccc3)n2)CCN1.Cl.Cl. The molecule has 1 amide bonds. The predicted octanol–water partition coefficient (Wildman–Crippen LogP) is 2.74. The molecule has 6 nitrogen and oxygen atoms in total. The van der Waals surface area contributed by atoms with Crippen molar-refractivity contribution in [2.24, 2.45) is 5.92 Å². The molecule has 2 atom stereocenters. The van der Waals surface area contributed by atoms with E-state index in [1.165, 1.54) is 0 Å². The molecule has 0 saturated carbocycles. The number of hydrogen-bond acceptors (Lipinski definition) is 4. The molecule has 2 heterocycles. The summed E-state index contributed by atoms with van der Waals surface area (Å²) in [7, 11) is 0. The number of nitrogens with one attached hydrogen (secondary N) is 2. The van der Waals surface area contributed by atoms with E-state index < -0.39 is 0 Å². The number of amides is 1. The number of piperidine rings is 1. The average Bonchev–Trinajstić information content (AvgIpc) is 3.00. The lowest BCUT2D eigenvalue weighted by Crippen LogP contribution is -2.42. The lowest BCUT2D eigenvalue weighted by Gasteiger charge is -2.27. The van der Waals surface area contributed by atoms with Gasteiger partial charge in [-0.15, -0.1) is 24.8 Å². The molecule has 0 spiro atoms. The van der Waals surface area contributed by atoms with Gasteiger partial charge in [0.15, 0.2) is 0 Å². The monoisotopic (exact) mass is 413 g/mol. The Kier molecular flexibility index (Phi) is 9.63. The van der Waals surface area contributed by atoms with E-state index in [1.807, 2.05) is 36.4 Å². The average molecular weight is 414 g/mol. The first-order valence-corrected chi connectivity index (χ1v) is 9.04. The molecule has 1 aromatic carbocycles. The lowest BCUT2D eigenvalue weighted by atomic mass is 9.92.